The molecule has 5 rings (SSSR count). The van der Waals surface area contributed by atoms with Crippen molar-refractivity contribution in [1.82, 2.24) is 20.5 Å². The van der Waals surface area contributed by atoms with E-state index in [4.69, 9.17) is 25.7 Å². The van der Waals surface area contributed by atoms with E-state index < -0.39 is 5.60 Å². The van der Waals surface area contributed by atoms with Crippen molar-refractivity contribution in [1.29, 1.82) is 0 Å². The van der Waals surface area contributed by atoms with E-state index in [2.05, 4.69) is 43.7 Å². The van der Waals surface area contributed by atoms with Gasteiger partial charge in [-0.25, -0.2) is 9.79 Å². The summed E-state index contributed by atoms with van der Waals surface area (Å²) in [6, 6.07) is 10.3. The molecule has 1 fully saturated rings. The lowest BCUT2D eigenvalue weighted by molar-refractivity contribution is 0.0202. The molecular formula is C28H35BrClN5O3. The van der Waals surface area contributed by atoms with Gasteiger partial charge in [0.25, 0.3) is 0 Å². The van der Waals surface area contributed by atoms with Crippen LogP contribution < -0.4 is 10.6 Å². The van der Waals surface area contributed by atoms with Crippen LogP contribution in [0.25, 0.3) is 10.9 Å². The number of likely N-dealkylation sites (tertiary alicyclic amines) is 1. The lowest BCUT2D eigenvalue weighted by atomic mass is 9.91. The van der Waals surface area contributed by atoms with Gasteiger partial charge in [-0.15, -0.1) is 0 Å². The number of guanidine groups is 1. The Morgan fingerprint density at radius 3 is 2.66 bits per heavy atom. The van der Waals surface area contributed by atoms with Crippen LogP contribution in [0, 0.1) is 0 Å². The number of piperidine rings is 1. The second-order valence-electron chi connectivity index (χ2n) is 11.1. The highest BCUT2D eigenvalue weighted by Gasteiger charge is 2.28. The number of aromatic amines is 1. The van der Waals surface area contributed by atoms with E-state index in [0.717, 1.165) is 54.4 Å². The zero-order chi connectivity index (χ0) is 26.9. The number of ether oxygens (including phenoxy) is 1. The summed E-state index contributed by atoms with van der Waals surface area (Å²) in [5, 5.41) is 9.26. The van der Waals surface area contributed by atoms with Crippen LogP contribution in [0.2, 0.25) is 5.02 Å². The van der Waals surface area contributed by atoms with Gasteiger partial charge < -0.3 is 29.7 Å². The molecule has 0 radical (unpaired) electrons. The second kappa shape index (κ2) is 11.2. The Morgan fingerprint density at radius 2 is 1.95 bits per heavy atom. The molecule has 0 saturated carbocycles. The van der Waals surface area contributed by atoms with Crippen molar-refractivity contribution in [3.8, 4) is 0 Å². The number of hydrogen-bond acceptors (Lipinski definition) is 4. The lowest BCUT2D eigenvalue weighted by Crippen LogP contribution is -2.52. The maximum Gasteiger partial charge on any atom is 0.410 e. The Hall–Kier alpha value is -2.65. The first kappa shape index (κ1) is 26.9. The first-order chi connectivity index (χ1) is 18.1. The van der Waals surface area contributed by atoms with Crippen LogP contribution in [-0.2, 0) is 24.1 Å². The van der Waals surface area contributed by atoms with Crippen molar-refractivity contribution >= 4 is 50.5 Å². The van der Waals surface area contributed by atoms with Crippen LogP contribution >= 0.6 is 27.5 Å². The Labute approximate surface area is 236 Å². The number of carbonyl (C=O) groups excluding carboxylic acids is 1. The number of fused-ring (bicyclic) bond motifs is 3. The molecule has 1 aliphatic heterocycles. The number of aryl methyl sites for hydroxylation is 1. The van der Waals surface area contributed by atoms with Crippen molar-refractivity contribution in [2.45, 2.75) is 77.1 Å². The summed E-state index contributed by atoms with van der Waals surface area (Å²) in [6.45, 7) is 7.40. The molecule has 0 spiro atoms. The minimum atomic E-state index is -0.493. The number of H-pyrrole nitrogens is 1. The van der Waals surface area contributed by atoms with Crippen molar-refractivity contribution in [2.75, 3.05) is 13.1 Å². The van der Waals surface area contributed by atoms with Crippen molar-refractivity contribution in [3.05, 3.63) is 57.0 Å². The standard InChI is InChI=1S/C28H35BrClN5O3/c1-28(2,3)38-27(36)35-12-10-18(11-13-35)32-26(31-16-20-6-9-25(29)37-20)33-19-5-8-24-22(15-19)21-14-17(30)4-7-23(21)34-24/h4,6-7,9,14,18-19,34H,5,8,10-13,15-16H2,1-3H3,(H2,31,32,33). The number of benzene rings is 1. The third kappa shape index (κ3) is 6.67. The number of furan rings is 1. The van der Waals surface area contributed by atoms with E-state index in [1.54, 1.807) is 4.90 Å². The monoisotopic (exact) mass is 603 g/mol. The molecule has 3 aromatic rings. The number of nitrogens with one attached hydrogen (secondary N) is 3. The number of hydrogen-bond donors (Lipinski definition) is 3. The Balaban J connectivity index is 1.26. The van der Waals surface area contributed by atoms with E-state index in [-0.39, 0.29) is 18.2 Å². The summed E-state index contributed by atoms with van der Waals surface area (Å²) in [5.74, 6) is 1.55. The normalized spacial score (nSPS) is 18.9. The van der Waals surface area contributed by atoms with Gasteiger partial charge in [0.1, 0.15) is 17.9 Å². The maximum atomic E-state index is 12.5. The highest BCUT2D eigenvalue weighted by atomic mass is 79.9. The molecule has 1 unspecified atom stereocenters. The van der Waals surface area contributed by atoms with Gasteiger partial charge in [-0.3, -0.25) is 0 Å². The van der Waals surface area contributed by atoms with Gasteiger partial charge in [-0.1, -0.05) is 11.6 Å². The largest absolute Gasteiger partial charge is 0.452 e. The molecule has 1 aromatic carbocycles. The zero-order valence-corrected chi connectivity index (χ0v) is 24.4. The Morgan fingerprint density at radius 1 is 1.18 bits per heavy atom. The maximum absolute atomic E-state index is 12.5. The number of nitrogens with zero attached hydrogens (tertiary/aromatic N) is 2. The van der Waals surface area contributed by atoms with Crippen molar-refractivity contribution in [3.63, 3.8) is 0 Å². The highest BCUT2D eigenvalue weighted by molar-refractivity contribution is 9.10. The fourth-order valence-electron chi connectivity index (χ4n) is 5.16. The quantitative estimate of drug-likeness (QED) is 0.245. The number of halogens is 2. The fourth-order valence-corrected chi connectivity index (χ4v) is 5.67. The molecule has 204 valence electrons. The van der Waals surface area contributed by atoms with Gasteiger partial charge in [0, 0.05) is 46.8 Å². The minimum Gasteiger partial charge on any atom is -0.452 e. The SMILES string of the molecule is CC(C)(C)OC(=O)N1CCC(NC(=NCc2ccc(Br)o2)NC2CCc3[nH]c4ccc(Cl)cc4c3C2)CC1. The lowest BCUT2D eigenvalue weighted by Gasteiger charge is -2.35. The van der Waals surface area contributed by atoms with Crippen LogP contribution in [0.3, 0.4) is 0 Å². The molecule has 3 heterocycles. The molecule has 8 nitrogen and oxygen atoms in total. The molecular weight excluding hydrogens is 570 g/mol. The fraction of sp³-hybridized carbons (Fsp3) is 0.500. The average molecular weight is 605 g/mol. The van der Waals surface area contributed by atoms with E-state index in [1.807, 2.05) is 39.0 Å². The topological polar surface area (TPSA) is 94.9 Å². The van der Waals surface area contributed by atoms with Crippen LogP contribution in [-0.4, -0.2) is 52.7 Å². The Bertz CT molecular complexity index is 1320. The van der Waals surface area contributed by atoms with E-state index in [0.29, 0.717) is 24.3 Å². The van der Waals surface area contributed by atoms with Crippen LogP contribution in [0.4, 0.5) is 4.79 Å². The smallest absolute Gasteiger partial charge is 0.410 e. The zero-order valence-electron chi connectivity index (χ0n) is 22.1. The van der Waals surface area contributed by atoms with Crippen LogP contribution in [0.1, 0.15) is 57.1 Å². The molecule has 2 aliphatic rings. The molecule has 10 heteroatoms. The van der Waals surface area contributed by atoms with E-state index in [1.165, 1.54) is 16.6 Å². The average Bonchev–Trinajstić information content (AvgIpc) is 3.44. The van der Waals surface area contributed by atoms with Crippen molar-refractivity contribution < 1.29 is 13.9 Å². The number of aliphatic imine (C=N–C) groups is 1. The van der Waals surface area contributed by atoms with Gasteiger partial charge in [-0.2, -0.15) is 0 Å². The third-order valence-electron chi connectivity index (χ3n) is 7.00. The minimum absolute atomic E-state index is 0.203. The first-order valence-corrected chi connectivity index (χ1v) is 14.4. The summed E-state index contributed by atoms with van der Waals surface area (Å²) in [5.41, 5.74) is 3.26. The number of aromatic nitrogens is 1. The second-order valence-corrected chi connectivity index (χ2v) is 12.3. The number of rotatable bonds is 4. The van der Waals surface area contributed by atoms with E-state index in [9.17, 15) is 4.79 Å². The first-order valence-electron chi connectivity index (χ1n) is 13.2. The predicted molar refractivity (Wildman–Crippen MR) is 154 cm³/mol. The summed E-state index contributed by atoms with van der Waals surface area (Å²) in [6.07, 6.45) is 4.25. The summed E-state index contributed by atoms with van der Waals surface area (Å²) < 4.78 is 11.9. The Kier molecular flexibility index (Phi) is 7.95. The molecule has 3 N–H and O–H groups in total. The van der Waals surface area contributed by atoms with Crippen molar-refractivity contribution in [2.24, 2.45) is 4.99 Å². The highest BCUT2D eigenvalue weighted by Crippen LogP contribution is 2.31. The van der Waals surface area contributed by atoms with Gasteiger partial charge >= 0.3 is 6.09 Å². The number of amides is 1. The molecule has 1 aliphatic carbocycles. The molecule has 2 aromatic heterocycles. The van der Waals surface area contributed by atoms with Gasteiger partial charge in [0.15, 0.2) is 10.6 Å². The van der Waals surface area contributed by atoms with Crippen LogP contribution in [0.5, 0.6) is 0 Å². The molecule has 38 heavy (non-hydrogen) atoms. The van der Waals surface area contributed by atoms with Gasteiger partial charge in [0.05, 0.1) is 0 Å². The van der Waals surface area contributed by atoms with Gasteiger partial charge in [-0.05, 0) is 105 Å². The molecule has 1 amide bonds. The predicted octanol–water partition coefficient (Wildman–Crippen LogP) is 6.17. The third-order valence-corrected chi connectivity index (χ3v) is 7.66. The molecule has 1 atom stereocenters. The summed E-state index contributed by atoms with van der Waals surface area (Å²) >= 11 is 9.68. The van der Waals surface area contributed by atoms with Gasteiger partial charge in [0.2, 0.25) is 0 Å². The molecule has 0 bridgehead atoms. The van der Waals surface area contributed by atoms with E-state index >= 15 is 0 Å². The summed E-state index contributed by atoms with van der Waals surface area (Å²) in [4.78, 5) is 22.7. The van der Waals surface area contributed by atoms with Crippen LogP contribution in [0.15, 0.2) is 44.4 Å². The summed E-state index contributed by atoms with van der Waals surface area (Å²) in [7, 11) is 0. The number of carbonyl (C=O) groups is 1. The molecule has 1 saturated heterocycles.